The van der Waals surface area contributed by atoms with Crippen LogP contribution in [-0.4, -0.2) is 43.6 Å². The van der Waals surface area contributed by atoms with Crippen molar-refractivity contribution in [1.82, 2.24) is 10.2 Å². The lowest BCUT2D eigenvalue weighted by atomic mass is 9.79. The molecule has 4 nitrogen and oxygen atoms in total. The Morgan fingerprint density at radius 3 is 2.57 bits per heavy atom. The number of amides is 1. The molecule has 1 aromatic carbocycles. The first-order chi connectivity index (χ1) is 10.7. The lowest BCUT2D eigenvalue weighted by Crippen LogP contribution is -2.40. The van der Waals surface area contributed by atoms with Gasteiger partial charge in [-0.15, -0.1) is 12.4 Å². The second kappa shape index (κ2) is 8.55. The van der Waals surface area contributed by atoms with E-state index in [9.17, 15) is 4.79 Å². The summed E-state index contributed by atoms with van der Waals surface area (Å²) in [6.07, 6.45) is 2.27. The van der Waals surface area contributed by atoms with Crippen molar-refractivity contribution in [3.8, 4) is 5.75 Å². The van der Waals surface area contributed by atoms with Crippen LogP contribution < -0.4 is 10.1 Å². The summed E-state index contributed by atoms with van der Waals surface area (Å²) in [4.78, 5) is 13.4. The zero-order valence-electron chi connectivity index (χ0n) is 13.7. The maximum atomic E-state index is 11.4. The topological polar surface area (TPSA) is 41.6 Å². The molecule has 0 aliphatic carbocycles. The van der Waals surface area contributed by atoms with Gasteiger partial charge in [0.15, 0.2) is 0 Å². The number of carbonyl (C=O) groups is 1. The third-order valence-electron chi connectivity index (χ3n) is 5.19. The summed E-state index contributed by atoms with van der Waals surface area (Å²) >= 11 is 0. The van der Waals surface area contributed by atoms with Gasteiger partial charge in [-0.25, -0.2) is 0 Å². The first-order valence-corrected chi connectivity index (χ1v) is 8.38. The average molecular weight is 339 g/mol. The summed E-state index contributed by atoms with van der Waals surface area (Å²) in [5.74, 6) is 3.15. The van der Waals surface area contributed by atoms with E-state index in [1.807, 2.05) is 35.2 Å². The van der Waals surface area contributed by atoms with Gasteiger partial charge in [0.25, 0.3) is 0 Å². The molecule has 0 bridgehead atoms. The van der Waals surface area contributed by atoms with Gasteiger partial charge in [-0.1, -0.05) is 18.2 Å². The minimum Gasteiger partial charge on any atom is -0.493 e. The number of ether oxygens (including phenoxy) is 1. The van der Waals surface area contributed by atoms with Crippen LogP contribution in [0, 0.1) is 17.8 Å². The molecule has 0 saturated carbocycles. The number of hydrogen-bond acceptors (Lipinski definition) is 3. The molecule has 3 rings (SSSR count). The fourth-order valence-corrected chi connectivity index (χ4v) is 3.85. The Balaban J connectivity index is 0.00000192. The zero-order chi connectivity index (χ0) is 15.4. The van der Waals surface area contributed by atoms with Crippen LogP contribution in [-0.2, 0) is 4.79 Å². The molecule has 0 aromatic heterocycles. The maximum Gasteiger partial charge on any atom is 0.219 e. The molecule has 5 heteroatoms. The Kier molecular flexibility index (Phi) is 6.72. The van der Waals surface area contributed by atoms with Crippen LogP contribution in [0.5, 0.6) is 5.75 Å². The number of benzene rings is 1. The maximum absolute atomic E-state index is 11.4. The quantitative estimate of drug-likeness (QED) is 0.917. The van der Waals surface area contributed by atoms with Crippen molar-refractivity contribution in [1.29, 1.82) is 0 Å². The number of nitrogens with one attached hydrogen (secondary N) is 1. The van der Waals surface area contributed by atoms with E-state index in [0.29, 0.717) is 11.8 Å². The Morgan fingerprint density at radius 2 is 1.91 bits per heavy atom. The number of rotatable bonds is 4. The van der Waals surface area contributed by atoms with Gasteiger partial charge in [0.05, 0.1) is 6.61 Å². The molecule has 2 aliphatic heterocycles. The highest BCUT2D eigenvalue weighted by Crippen LogP contribution is 2.33. The van der Waals surface area contributed by atoms with Gasteiger partial charge in [0.2, 0.25) is 5.91 Å². The minimum atomic E-state index is 0. The van der Waals surface area contributed by atoms with Crippen LogP contribution in [0.15, 0.2) is 30.3 Å². The van der Waals surface area contributed by atoms with Gasteiger partial charge >= 0.3 is 0 Å². The molecule has 1 amide bonds. The van der Waals surface area contributed by atoms with Crippen LogP contribution >= 0.6 is 12.4 Å². The van der Waals surface area contributed by atoms with E-state index in [2.05, 4.69) is 5.32 Å². The zero-order valence-corrected chi connectivity index (χ0v) is 14.6. The standard InChI is InChI=1S/C18H26N2O2.ClH/c1-14(21)20-9-7-15(8-10-20)18-12-19-11-16(18)13-22-17-5-3-2-4-6-17;/h2-6,15-16,18-19H,7-13H2,1H3;1H. The normalized spacial score (nSPS) is 25.0. The molecule has 1 aromatic rings. The van der Waals surface area contributed by atoms with E-state index in [1.165, 1.54) is 0 Å². The lowest BCUT2D eigenvalue weighted by molar-refractivity contribution is -0.130. The molecular weight excluding hydrogens is 312 g/mol. The molecule has 128 valence electrons. The summed E-state index contributed by atoms with van der Waals surface area (Å²) in [6.45, 7) is 6.44. The predicted octanol–water partition coefficient (Wildman–Crippen LogP) is 2.58. The summed E-state index contributed by atoms with van der Waals surface area (Å²) in [7, 11) is 0. The fraction of sp³-hybridized carbons (Fsp3) is 0.611. The molecule has 0 radical (unpaired) electrons. The van der Waals surface area contributed by atoms with Gasteiger partial charge in [0, 0.05) is 32.5 Å². The first kappa shape index (κ1) is 18.1. The third kappa shape index (κ3) is 4.61. The molecule has 2 saturated heterocycles. The number of hydrogen-bond donors (Lipinski definition) is 1. The second-order valence-electron chi connectivity index (χ2n) is 6.55. The molecule has 2 aliphatic rings. The second-order valence-corrected chi connectivity index (χ2v) is 6.55. The summed E-state index contributed by atoms with van der Waals surface area (Å²) < 4.78 is 5.97. The summed E-state index contributed by atoms with van der Waals surface area (Å²) in [5, 5.41) is 3.53. The van der Waals surface area contributed by atoms with Crippen molar-refractivity contribution >= 4 is 18.3 Å². The van der Waals surface area contributed by atoms with Crippen molar-refractivity contribution in [2.24, 2.45) is 17.8 Å². The van der Waals surface area contributed by atoms with E-state index < -0.39 is 0 Å². The van der Waals surface area contributed by atoms with Gasteiger partial charge < -0.3 is 15.0 Å². The van der Waals surface area contributed by atoms with E-state index in [4.69, 9.17) is 4.74 Å². The van der Waals surface area contributed by atoms with E-state index in [0.717, 1.165) is 57.3 Å². The van der Waals surface area contributed by atoms with Gasteiger partial charge in [-0.05, 0) is 43.4 Å². The third-order valence-corrected chi connectivity index (χ3v) is 5.19. The lowest BCUT2D eigenvalue weighted by Gasteiger charge is -2.36. The van der Waals surface area contributed by atoms with Crippen LogP contribution in [0.2, 0.25) is 0 Å². The van der Waals surface area contributed by atoms with E-state index in [1.54, 1.807) is 6.92 Å². The van der Waals surface area contributed by atoms with Crippen molar-refractivity contribution < 1.29 is 9.53 Å². The number of carbonyl (C=O) groups excluding carboxylic acids is 1. The fourth-order valence-electron chi connectivity index (χ4n) is 3.85. The predicted molar refractivity (Wildman–Crippen MR) is 94.0 cm³/mol. The van der Waals surface area contributed by atoms with Crippen molar-refractivity contribution in [3.63, 3.8) is 0 Å². The van der Waals surface area contributed by atoms with Gasteiger partial charge in [0.1, 0.15) is 5.75 Å². The molecule has 2 heterocycles. The number of halogens is 1. The van der Waals surface area contributed by atoms with Gasteiger partial charge in [-0.2, -0.15) is 0 Å². The summed E-state index contributed by atoms with van der Waals surface area (Å²) in [6, 6.07) is 10.1. The van der Waals surface area contributed by atoms with Crippen LogP contribution in [0.3, 0.4) is 0 Å². The number of piperidine rings is 1. The number of para-hydroxylation sites is 1. The van der Waals surface area contributed by atoms with Gasteiger partial charge in [-0.3, -0.25) is 4.79 Å². The molecule has 23 heavy (non-hydrogen) atoms. The molecule has 0 spiro atoms. The minimum absolute atomic E-state index is 0. The average Bonchev–Trinajstić information content (AvgIpc) is 3.02. The van der Waals surface area contributed by atoms with Crippen molar-refractivity contribution in [2.75, 3.05) is 32.8 Å². The molecule has 2 atom stereocenters. The van der Waals surface area contributed by atoms with Crippen molar-refractivity contribution in [2.45, 2.75) is 19.8 Å². The summed E-state index contributed by atoms with van der Waals surface area (Å²) in [5.41, 5.74) is 0. The SMILES string of the molecule is CC(=O)N1CCC(C2CNCC2COc2ccccc2)CC1.Cl. The number of likely N-dealkylation sites (tertiary alicyclic amines) is 1. The highest BCUT2D eigenvalue weighted by Gasteiger charge is 2.36. The smallest absolute Gasteiger partial charge is 0.219 e. The highest BCUT2D eigenvalue weighted by atomic mass is 35.5. The Bertz CT molecular complexity index is 489. The van der Waals surface area contributed by atoms with Crippen LogP contribution in [0.25, 0.3) is 0 Å². The Morgan fingerprint density at radius 1 is 1.22 bits per heavy atom. The molecular formula is C18H27ClN2O2. The highest BCUT2D eigenvalue weighted by molar-refractivity contribution is 5.85. The number of nitrogens with zero attached hydrogens (tertiary/aromatic N) is 1. The molecule has 2 unspecified atom stereocenters. The molecule has 1 N–H and O–H groups in total. The van der Waals surface area contributed by atoms with E-state index >= 15 is 0 Å². The van der Waals surface area contributed by atoms with Crippen LogP contribution in [0.1, 0.15) is 19.8 Å². The van der Waals surface area contributed by atoms with Crippen molar-refractivity contribution in [3.05, 3.63) is 30.3 Å². The van der Waals surface area contributed by atoms with Crippen LogP contribution in [0.4, 0.5) is 0 Å². The monoisotopic (exact) mass is 338 g/mol. The largest absolute Gasteiger partial charge is 0.493 e. The van der Waals surface area contributed by atoms with E-state index in [-0.39, 0.29) is 18.3 Å². The molecule has 2 fully saturated rings. The Labute approximate surface area is 145 Å². The first-order valence-electron chi connectivity index (χ1n) is 8.38. The Hall–Kier alpha value is -1.26.